The Balaban J connectivity index is 2.09. The van der Waals surface area contributed by atoms with E-state index in [-0.39, 0.29) is 17.9 Å². The van der Waals surface area contributed by atoms with Gasteiger partial charge in [0.1, 0.15) is 6.04 Å². The quantitative estimate of drug-likeness (QED) is 0.850. The average Bonchev–Trinajstić information content (AvgIpc) is 2.46. The van der Waals surface area contributed by atoms with Crippen LogP contribution in [-0.4, -0.2) is 25.7 Å². The van der Waals surface area contributed by atoms with Gasteiger partial charge in [-0.2, -0.15) is 13.2 Å². The second-order valence-corrected chi connectivity index (χ2v) is 4.87. The zero-order valence-electron chi connectivity index (χ0n) is 11.0. The molecule has 0 aromatic heterocycles. The van der Waals surface area contributed by atoms with Crippen LogP contribution in [0.5, 0.6) is 0 Å². The number of nitrogens with one attached hydrogen (secondary N) is 1. The third-order valence-corrected chi connectivity index (χ3v) is 3.60. The van der Waals surface area contributed by atoms with E-state index in [0.717, 1.165) is 24.1 Å². The van der Waals surface area contributed by atoms with Gasteiger partial charge in [-0.1, -0.05) is 12.1 Å². The summed E-state index contributed by atoms with van der Waals surface area (Å²) in [6, 6.07) is 4.77. The minimum absolute atomic E-state index is 0.0719. The Morgan fingerprint density at radius 3 is 2.50 bits per heavy atom. The lowest BCUT2D eigenvalue weighted by Gasteiger charge is -2.29. The number of benzene rings is 1. The third-order valence-electron chi connectivity index (χ3n) is 3.60. The van der Waals surface area contributed by atoms with Crippen molar-refractivity contribution in [3.05, 3.63) is 35.4 Å². The molecule has 3 nitrogen and oxygen atoms in total. The summed E-state index contributed by atoms with van der Waals surface area (Å²) in [5, 5.41) is 3.05. The molecule has 1 aliphatic rings. The summed E-state index contributed by atoms with van der Waals surface area (Å²) in [5.41, 5.74) is 0.174. The Morgan fingerprint density at radius 2 is 1.95 bits per heavy atom. The van der Waals surface area contributed by atoms with Crippen molar-refractivity contribution in [3.8, 4) is 0 Å². The first-order valence-electron chi connectivity index (χ1n) is 6.40. The first-order valence-corrected chi connectivity index (χ1v) is 6.40. The first-order chi connectivity index (χ1) is 9.41. The zero-order chi connectivity index (χ0) is 14.8. The largest absolute Gasteiger partial charge is 0.468 e. The van der Waals surface area contributed by atoms with E-state index in [9.17, 15) is 18.0 Å². The van der Waals surface area contributed by atoms with Crippen LogP contribution in [0.3, 0.4) is 0 Å². The van der Waals surface area contributed by atoms with E-state index >= 15 is 0 Å². The van der Waals surface area contributed by atoms with Crippen molar-refractivity contribution in [2.75, 3.05) is 13.7 Å². The number of hydrogen-bond acceptors (Lipinski definition) is 3. The number of esters is 1. The van der Waals surface area contributed by atoms with E-state index in [1.54, 1.807) is 0 Å². The van der Waals surface area contributed by atoms with Gasteiger partial charge in [0.2, 0.25) is 0 Å². The fourth-order valence-corrected chi connectivity index (χ4v) is 2.49. The number of methoxy groups -OCH3 is 1. The molecule has 1 saturated heterocycles. The summed E-state index contributed by atoms with van der Waals surface area (Å²) in [7, 11) is 1.33. The van der Waals surface area contributed by atoms with Gasteiger partial charge in [0.15, 0.2) is 0 Å². The van der Waals surface area contributed by atoms with Crippen LogP contribution in [0.4, 0.5) is 13.2 Å². The summed E-state index contributed by atoms with van der Waals surface area (Å²) in [6.07, 6.45) is -2.99. The minimum Gasteiger partial charge on any atom is -0.468 e. The van der Waals surface area contributed by atoms with Gasteiger partial charge >= 0.3 is 12.1 Å². The predicted molar refractivity (Wildman–Crippen MR) is 67.2 cm³/mol. The lowest BCUT2D eigenvalue weighted by atomic mass is 9.86. The lowest BCUT2D eigenvalue weighted by molar-refractivity contribution is -0.143. The second-order valence-electron chi connectivity index (χ2n) is 4.87. The Kier molecular flexibility index (Phi) is 4.32. The number of ether oxygens (including phenoxy) is 1. The van der Waals surface area contributed by atoms with Gasteiger partial charge in [-0.15, -0.1) is 0 Å². The maximum absolute atomic E-state index is 12.5. The lowest BCUT2D eigenvalue weighted by Crippen LogP contribution is -2.43. The van der Waals surface area contributed by atoms with Gasteiger partial charge in [0.05, 0.1) is 12.7 Å². The molecule has 1 aliphatic heterocycles. The second kappa shape index (κ2) is 5.83. The predicted octanol–water partition coefficient (Wildman–Crippen LogP) is 2.71. The SMILES string of the molecule is COC(=O)[C@@H]1C[C@H](c2ccc(C(F)(F)F)cc2)CCN1. The number of carbonyl (C=O) groups is 1. The van der Waals surface area contributed by atoms with Gasteiger partial charge in [-0.05, 0) is 43.0 Å². The van der Waals surface area contributed by atoms with E-state index in [0.29, 0.717) is 13.0 Å². The standard InChI is InChI=1S/C14H16F3NO2/c1-20-13(19)12-8-10(6-7-18-12)9-2-4-11(5-3-9)14(15,16)17/h2-5,10,12,18H,6-8H2,1H3/t10-,12+/m1/s1. The molecule has 0 radical (unpaired) electrons. The molecule has 0 aliphatic carbocycles. The molecule has 0 spiro atoms. The normalized spacial score (nSPS) is 23.4. The van der Waals surface area contributed by atoms with E-state index in [1.807, 2.05) is 0 Å². The highest BCUT2D eigenvalue weighted by molar-refractivity contribution is 5.75. The highest BCUT2D eigenvalue weighted by atomic mass is 19.4. The number of alkyl halides is 3. The Labute approximate surface area is 115 Å². The topological polar surface area (TPSA) is 38.3 Å². The van der Waals surface area contributed by atoms with Crippen molar-refractivity contribution in [3.63, 3.8) is 0 Å². The van der Waals surface area contributed by atoms with Crippen molar-refractivity contribution in [2.24, 2.45) is 0 Å². The van der Waals surface area contributed by atoms with Crippen molar-refractivity contribution < 1.29 is 22.7 Å². The molecule has 2 rings (SSSR count). The molecule has 1 aromatic rings. The average molecular weight is 287 g/mol. The molecule has 2 atom stereocenters. The minimum atomic E-state index is -4.32. The summed E-state index contributed by atoms with van der Waals surface area (Å²) in [4.78, 5) is 11.5. The molecule has 1 fully saturated rings. The third kappa shape index (κ3) is 3.30. The molecule has 0 bridgehead atoms. The maximum atomic E-state index is 12.5. The highest BCUT2D eigenvalue weighted by Crippen LogP contribution is 2.32. The zero-order valence-corrected chi connectivity index (χ0v) is 11.0. The van der Waals surface area contributed by atoms with Gasteiger partial charge in [-0.25, -0.2) is 0 Å². The van der Waals surface area contributed by atoms with Crippen LogP contribution in [0.15, 0.2) is 24.3 Å². The molecule has 0 unspecified atom stereocenters. The van der Waals surface area contributed by atoms with Gasteiger partial charge in [-0.3, -0.25) is 4.79 Å². The Hall–Kier alpha value is -1.56. The Bertz CT molecular complexity index is 470. The number of halogens is 3. The molecule has 110 valence electrons. The van der Waals surface area contributed by atoms with E-state index in [4.69, 9.17) is 0 Å². The number of piperidine rings is 1. The summed E-state index contributed by atoms with van der Waals surface area (Å²) >= 11 is 0. The van der Waals surface area contributed by atoms with Crippen molar-refractivity contribution >= 4 is 5.97 Å². The van der Waals surface area contributed by atoms with Gasteiger partial charge in [0, 0.05) is 0 Å². The Morgan fingerprint density at radius 1 is 1.30 bits per heavy atom. The molecule has 0 saturated carbocycles. The van der Waals surface area contributed by atoms with Crippen LogP contribution in [0, 0.1) is 0 Å². The van der Waals surface area contributed by atoms with Crippen molar-refractivity contribution in [2.45, 2.75) is 31.0 Å². The molecule has 6 heteroatoms. The van der Waals surface area contributed by atoms with Gasteiger partial charge < -0.3 is 10.1 Å². The fraction of sp³-hybridized carbons (Fsp3) is 0.500. The smallest absolute Gasteiger partial charge is 0.416 e. The molecule has 1 aromatic carbocycles. The van der Waals surface area contributed by atoms with E-state index < -0.39 is 11.7 Å². The number of rotatable bonds is 2. The molecular formula is C14H16F3NO2. The number of hydrogen-bond donors (Lipinski definition) is 1. The van der Waals surface area contributed by atoms with Crippen LogP contribution in [0.1, 0.15) is 29.9 Å². The molecule has 1 N–H and O–H groups in total. The van der Waals surface area contributed by atoms with Crippen LogP contribution in [0.2, 0.25) is 0 Å². The maximum Gasteiger partial charge on any atom is 0.416 e. The van der Waals surface area contributed by atoms with Crippen LogP contribution < -0.4 is 5.32 Å². The fourth-order valence-electron chi connectivity index (χ4n) is 2.49. The van der Waals surface area contributed by atoms with Crippen molar-refractivity contribution in [1.29, 1.82) is 0 Å². The molecule has 1 heterocycles. The summed E-state index contributed by atoms with van der Waals surface area (Å²) in [6.45, 7) is 0.644. The highest BCUT2D eigenvalue weighted by Gasteiger charge is 2.31. The van der Waals surface area contributed by atoms with E-state index in [2.05, 4.69) is 10.1 Å². The van der Waals surface area contributed by atoms with Crippen molar-refractivity contribution in [1.82, 2.24) is 5.32 Å². The van der Waals surface area contributed by atoms with Crippen LogP contribution in [0.25, 0.3) is 0 Å². The van der Waals surface area contributed by atoms with Gasteiger partial charge in [0.25, 0.3) is 0 Å². The molecule has 0 amide bonds. The van der Waals surface area contributed by atoms with Crippen LogP contribution in [-0.2, 0) is 15.7 Å². The summed E-state index contributed by atoms with van der Waals surface area (Å²) < 4.78 is 42.2. The summed E-state index contributed by atoms with van der Waals surface area (Å²) in [5.74, 6) is -0.260. The first kappa shape index (κ1) is 14.8. The van der Waals surface area contributed by atoms with E-state index in [1.165, 1.54) is 19.2 Å². The molecule has 20 heavy (non-hydrogen) atoms. The molecular weight excluding hydrogens is 271 g/mol. The number of carbonyl (C=O) groups excluding carboxylic acids is 1. The monoisotopic (exact) mass is 287 g/mol. The van der Waals surface area contributed by atoms with Crippen LogP contribution >= 0.6 is 0 Å².